The zero-order chi connectivity index (χ0) is 29.7. The molecule has 2 aromatic heterocycles. The highest BCUT2D eigenvalue weighted by atomic mass is 15.1. The molecule has 0 bridgehead atoms. The predicted octanol–water partition coefficient (Wildman–Crippen LogP) is 10.9. The standard InChI is InChI=1S/C42H27N3/c1-2-14-33(15-3-1)45-39-26-31(22-23-38(39)44-42(45)32-13-10-24-43-27-32)41-36-18-8-6-16-34(36)40(35-17-7-9-19-37(35)41)30-21-20-28-11-4-5-12-29(28)25-30/h1-27H. The average Bonchev–Trinajstić information content (AvgIpc) is 3.50. The summed E-state index contributed by atoms with van der Waals surface area (Å²) in [5.74, 6) is 0.878. The van der Waals surface area contributed by atoms with Gasteiger partial charge in [-0.15, -0.1) is 0 Å². The number of pyridine rings is 1. The normalized spacial score (nSPS) is 11.6. The van der Waals surface area contributed by atoms with Crippen molar-refractivity contribution in [2.45, 2.75) is 0 Å². The first-order valence-corrected chi connectivity index (χ1v) is 15.2. The Hall–Kier alpha value is -6.06. The molecule has 0 saturated carbocycles. The van der Waals surface area contributed by atoms with E-state index in [0.717, 1.165) is 33.7 Å². The van der Waals surface area contributed by atoms with Crippen LogP contribution in [0.15, 0.2) is 164 Å². The Labute approximate surface area is 260 Å². The Balaban J connectivity index is 1.35. The number of rotatable bonds is 4. The van der Waals surface area contributed by atoms with E-state index in [0.29, 0.717) is 0 Å². The third-order valence-corrected chi connectivity index (χ3v) is 8.85. The van der Waals surface area contributed by atoms with E-state index in [4.69, 9.17) is 4.98 Å². The molecule has 210 valence electrons. The first-order chi connectivity index (χ1) is 22.3. The molecule has 9 rings (SSSR count). The minimum absolute atomic E-state index is 0.878. The van der Waals surface area contributed by atoms with Crippen LogP contribution in [0, 0.1) is 0 Å². The summed E-state index contributed by atoms with van der Waals surface area (Å²) < 4.78 is 2.25. The van der Waals surface area contributed by atoms with Gasteiger partial charge in [-0.25, -0.2) is 4.98 Å². The van der Waals surface area contributed by atoms with Crippen LogP contribution in [0.3, 0.4) is 0 Å². The molecule has 0 aliphatic carbocycles. The minimum atomic E-state index is 0.878. The summed E-state index contributed by atoms with van der Waals surface area (Å²) in [6, 6.07) is 54.3. The van der Waals surface area contributed by atoms with E-state index in [2.05, 4.69) is 149 Å². The van der Waals surface area contributed by atoms with Crippen molar-refractivity contribution in [3.8, 4) is 39.3 Å². The third-order valence-electron chi connectivity index (χ3n) is 8.85. The van der Waals surface area contributed by atoms with E-state index in [1.165, 1.54) is 49.0 Å². The lowest BCUT2D eigenvalue weighted by molar-refractivity contribution is 1.10. The first-order valence-electron chi connectivity index (χ1n) is 15.2. The SMILES string of the molecule is c1ccc(-n2c(-c3cccnc3)nc3ccc(-c4c5ccccc5c(-c5ccc6ccccc6c5)c5ccccc45)cc32)cc1. The van der Waals surface area contributed by atoms with Crippen molar-refractivity contribution in [2.24, 2.45) is 0 Å². The molecule has 0 atom stereocenters. The fraction of sp³-hybridized carbons (Fsp3) is 0. The molecule has 0 aliphatic heterocycles. The summed E-state index contributed by atoms with van der Waals surface area (Å²) in [5, 5.41) is 7.45. The van der Waals surface area contributed by atoms with Gasteiger partial charge in [-0.2, -0.15) is 0 Å². The lowest BCUT2D eigenvalue weighted by Crippen LogP contribution is -1.97. The van der Waals surface area contributed by atoms with Gasteiger partial charge in [-0.1, -0.05) is 109 Å². The summed E-state index contributed by atoms with van der Waals surface area (Å²) in [7, 11) is 0. The van der Waals surface area contributed by atoms with Crippen molar-refractivity contribution in [1.82, 2.24) is 14.5 Å². The molecule has 0 unspecified atom stereocenters. The molecule has 0 amide bonds. The van der Waals surface area contributed by atoms with E-state index in [9.17, 15) is 0 Å². The molecule has 45 heavy (non-hydrogen) atoms. The topological polar surface area (TPSA) is 30.7 Å². The van der Waals surface area contributed by atoms with Gasteiger partial charge in [-0.3, -0.25) is 9.55 Å². The van der Waals surface area contributed by atoms with E-state index in [1.54, 1.807) is 6.20 Å². The minimum Gasteiger partial charge on any atom is -0.292 e. The summed E-state index contributed by atoms with van der Waals surface area (Å²) in [4.78, 5) is 9.52. The van der Waals surface area contributed by atoms with Crippen LogP contribution in [-0.2, 0) is 0 Å². The highest BCUT2D eigenvalue weighted by Crippen LogP contribution is 2.44. The molecule has 0 aliphatic rings. The van der Waals surface area contributed by atoms with Crippen LogP contribution in [0.4, 0.5) is 0 Å². The van der Waals surface area contributed by atoms with Crippen molar-refractivity contribution >= 4 is 43.4 Å². The van der Waals surface area contributed by atoms with Gasteiger partial charge in [-0.05, 0) is 97.0 Å². The number of hydrogen-bond donors (Lipinski definition) is 0. The fourth-order valence-corrected chi connectivity index (χ4v) is 6.85. The van der Waals surface area contributed by atoms with E-state index in [1.807, 2.05) is 18.3 Å². The summed E-state index contributed by atoms with van der Waals surface area (Å²) in [6.07, 6.45) is 3.68. The van der Waals surface area contributed by atoms with Gasteiger partial charge in [0, 0.05) is 23.6 Å². The van der Waals surface area contributed by atoms with Crippen molar-refractivity contribution in [1.29, 1.82) is 0 Å². The highest BCUT2D eigenvalue weighted by Gasteiger charge is 2.19. The van der Waals surface area contributed by atoms with Crippen LogP contribution < -0.4 is 0 Å². The first kappa shape index (κ1) is 25.4. The molecular weight excluding hydrogens is 546 g/mol. The van der Waals surface area contributed by atoms with Gasteiger partial charge in [0.1, 0.15) is 5.82 Å². The molecule has 0 saturated heterocycles. The van der Waals surface area contributed by atoms with Crippen LogP contribution in [0.25, 0.3) is 82.7 Å². The number of benzene rings is 7. The van der Waals surface area contributed by atoms with E-state index < -0.39 is 0 Å². The molecule has 7 aromatic carbocycles. The number of aromatic nitrogens is 3. The van der Waals surface area contributed by atoms with E-state index in [-0.39, 0.29) is 0 Å². The maximum Gasteiger partial charge on any atom is 0.147 e. The number of para-hydroxylation sites is 1. The van der Waals surface area contributed by atoms with Crippen molar-refractivity contribution in [3.05, 3.63) is 164 Å². The van der Waals surface area contributed by atoms with Crippen molar-refractivity contribution < 1.29 is 0 Å². The van der Waals surface area contributed by atoms with Crippen LogP contribution in [0.5, 0.6) is 0 Å². The zero-order valence-corrected chi connectivity index (χ0v) is 24.4. The van der Waals surface area contributed by atoms with Gasteiger partial charge < -0.3 is 0 Å². The summed E-state index contributed by atoms with van der Waals surface area (Å²) >= 11 is 0. The maximum absolute atomic E-state index is 5.12. The van der Waals surface area contributed by atoms with Crippen molar-refractivity contribution in [3.63, 3.8) is 0 Å². The Morgan fingerprint density at radius 1 is 0.444 bits per heavy atom. The van der Waals surface area contributed by atoms with Gasteiger partial charge in [0.15, 0.2) is 0 Å². The molecule has 0 radical (unpaired) electrons. The quantitative estimate of drug-likeness (QED) is 0.196. The molecule has 2 heterocycles. The zero-order valence-electron chi connectivity index (χ0n) is 24.4. The Kier molecular flexibility index (Phi) is 5.82. The van der Waals surface area contributed by atoms with Gasteiger partial charge in [0.05, 0.1) is 11.0 Å². The second-order valence-corrected chi connectivity index (χ2v) is 11.5. The molecule has 0 spiro atoms. The fourth-order valence-electron chi connectivity index (χ4n) is 6.85. The molecular formula is C42H27N3. The smallest absolute Gasteiger partial charge is 0.147 e. The monoisotopic (exact) mass is 573 g/mol. The molecule has 0 N–H and O–H groups in total. The maximum atomic E-state index is 5.12. The number of imidazole rings is 1. The van der Waals surface area contributed by atoms with Gasteiger partial charge in [0.2, 0.25) is 0 Å². The van der Waals surface area contributed by atoms with Crippen molar-refractivity contribution in [2.75, 3.05) is 0 Å². The molecule has 3 heteroatoms. The van der Waals surface area contributed by atoms with Crippen LogP contribution >= 0.6 is 0 Å². The second kappa shape index (κ2) is 10.3. The Bertz CT molecular complexity index is 2470. The molecule has 0 fully saturated rings. The number of fused-ring (bicyclic) bond motifs is 4. The largest absolute Gasteiger partial charge is 0.292 e. The van der Waals surface area contributed by atoms with Crippen LogP contribution in [0.1, 0.15) is 0 Å². The number of hydrogen-bond acceptors (Lipinski definition) is 2. The summed E-state index contributed by atoms with van der Waals surface area (Å²) in [6.45, 7) is 0. The van der Waals surface area contributed by atoms with E-state index >= 15 is 0 Å². The third kappa shape index (κ3) is 4.13. The Morgan fingerprint density at radius 2 is 1.04 bits per heavy atom. The number of nitrogens with zero attached hydrogens (tertiary/aromatic N) is 3. The molecule has 9 aromatic rings. The lowest BCUT2D eigenvalue weighted by atomic mass is 9.85. The average molecular weight is 574 g/mol. The second-order valence-electron chi connectivity index (χ2n) is 11.5. The predicted molar refractivity (Wildman–Crippen MR) is 188 cm³/mol. The van der Waals surface area contributed by atoms with Crippen LogP contribution in [0.2, 0.25) is 0 Å². The summed E-state index contributed by atoms with van der Waals surface area (Å²) in [5.41, 5.74) is 8.95. The highest BCUT2D eigenvalue weighted by molar-refractivity contribution is 6.22. The lowest BCUT2D eigenvalue weighted by Gasteiger charge is -2.18. The van der Waals surface area contributed by atoms with Crippen LogP contribution in [-0.4, -0.2) is 14.5 Å². The molecule has 3 nitrogen and oxygen atoms in total. The van der Waals surface area contributed by atoms with Gasteiger partial charge >= 0.3 is 0 Å². The Morgan fingerprint density at radius 3 is 1.71 bits per heavy atom. The van der Waals surface area contributed by atoms with Gasteiger partial charge in [0.25, 0.3) is 0 Å².